The number of methoxy groups -OCH3 is 1. The monoisotopic (exact) mass is 422 g/mol. The number of nitrogens with zero attached hydrogens (tertiary/aromatic N) is 3. The van der Waals surface area contributed by atoms with Crippen molar-refractivity contribution >= 4 is 17.9 Å². The van der Waals surface area contributed by atoms with Crippen molar-refractivity contribution in [2.45, 2.75) is 12.7 Å². The first-order valence-corrected chi connectivity index (χ1v) is 8.94. The van der Waals surface area contributed by atoms with Gasteiger partial charge in [0.05, 0.1) is 37.2 Å². The number of nitrogens with one attached hydrogen (secondary N) is 1. The van der Waals surface area contributed by atoms with Gasteiger partial charge >= 0.3 is 6.18 Å². The van der Waals surface area contributed by atoms with Crippen LogP contribution in [0.4, 0.5) is 13.2 Å². The van der Waals surface area contributed by atoms with E-state index in [1.807, 2.05) is 0 Å². The number of halogens is 3. The molecule has 10 heteroatoms. The summed E-state index contributed by atoms with van der Waals surface area (Å²) in [6, 6.07) is 4.37. The first kappa shape index (κ1) is 23.0. The molecule has 0 bridgehead atoms. The van der Waals surface area contributed by atoms with Crippen LogP contribution in [0.15, 0.2) is 48.9 Å². The lowest BCUT2D eigenvalue weighted by Gasteiger charge is -2.22. The van der Waals surface area contributed by atoms with Gasteiger partial charge in [-0.25, -0.2) is 0 Å². The lowest BCUT2D eigenvalue weighted by molar-refractivity contribution is -0.137. The summed E-state index contributed by atoms with van der Waals surface area (Å²) in [5.41, 5.74) is 0.248. The fraction of sp³-hybridized carbons (Fsp3) is 0.300. The quantitative estimate of drug-likeness (QED) is 0.627. The van der Waals surface area contributed by atoms with Crippen molar-refractivity contribution in [1.29, 1.82) is 0 Å². The highest BCUT2D eigenvalue weighted by Gasteiger charge is 2.29. The molecule has 7 nitrogen and oxygen atoms in total. The fourth-order valence-corrected chi connectivity index (χ4v) is 2.39. The first-order chi connectivity index (χ1) is 14.3. The lowest BCUT2D eigenvalue weighted by atomic mass is 10.1. The predicted molar refractivity (Wildman–Crippen MR) is 103 cm³/mol. The summed E-state index contributed by atoms with van der Waals surface area (Å²) in [7, 11) is 1.51. The van der Waals surface area contributed by atoms with Crippen LogP contribution in [0.5, 0.6) is 0 Å². The third kappa shape index (κ3) is 7.63. The van der Waals surface area contributed by atoms with Crippen molar-refractivity contribution in [1.82, 2.24) is 20.2 Å². The van der Waals surface area contributed by atoms with Crippen LogP contribution < -0.4 is 5.32 Å². The number of hydrogen-bond acceptors (Lipinski definition) is 5. The number of hydrogen-bond donors (Lipinski definition) is 1. The molecule has 160 valence electrons. The largest absolute Gasteiger partial charge is 0.416 e. The van der Waals surface area contributed by atoms with Crippen LogP contribution in [0.1, 0.15) is 16.8 Å². The summed E-state index contributed by atoms with van der Waals surface area (Å²) < 4.78 is 42.7. The summed E-state index contributed by atoms with van der Waals surface area (Å²) in [6.45, 7) is 0.588. The zero-order chi connectivity index (χ0) is 22.0. The first-order valence-electron chi connectivity index (χ1n) is 8.94. The van der Waals surface area contributed by atoms with Crippen LogP contribution in [-0.4, -0.2) is 53.5 Å². The Bertz CT molecular complexity index is 856. The highest BCUT2D eigenvalue weighted by atomic mass is 19.4. The Morgan fingerprint density at radius 2 is 1.93 bits per heavy atom. The molecule has 0 saturated heterocycles. The van der Waals surface area contributed by atoms with Crippen molar-refractivity contribution in [3.8, 4) is 0 Å². The van der Waals surface area contributed by atoms with Crippen LogP contribution in [0.25, 0.3) is 6.08 Å². The van der Waals surface area contributed by atoms with Crippen molar-refractivity contribution in [3.63, 3.8) is 0 Å². The van der Waals surface area contributed by atoms with Crippen LogP contribution in [0.2, 0.25) is 0 Å². The van der Waals surface area contributed by atoms with Gasteiger partial charge < -0.3 is 15.0 Å². The molecule has 2 amide bonds. The lowest BCUT2D eigenvalue weighted by Crippen LogP contribution is -2.41. The van der Waals surface area contributed by atoms with Crippen LogP contribution >= 0.6 is 0 Å². The smallest absolute Gasteiger partial charge is 0.383 e. The number of ether oxygens (including phenoxy) is 1. The van der Waals surface area contributed by atoms with E-state index in [0.29, 0.717) is 24.4 Å². The molecular weight excluding hydrogens is 401 g/mol. The molecule has 1 aromatic carbocycles. The average Bonchev–Trinajstić information content (AvgIpc) is 2.73. The second-order valence-electron chi connectivity index (χ2n) is 6.18. The highest BCUT2D eigenvalue weighted by molar-refractivity contribution is 5.94. The van der Waals surface area contributed by atoms with Gasteiger partial charge in [-0.15, -0.1) is 0 Å². The minimum atomic E-state index is -4.42. The molecule has 0 aliphatic heterocycles. The highest BCUT2D eigenvalue weighted by Crippen LogP contribution is 2.29. The number of aromatic nitrogens is 2. The van der Waals surface area contributed by atoms with Crippen LogP contribution in [-0.2, 0) is 27.0 Å². The van der Waals surface area contributed by atoms with Gasteiger partial charge in [-0.2, -0.15) is 13.2 Å². The molecule has 0 aliphatic carbocycles. The minimum Gasteiger partial charge on any atom is -0.383 e. The van der Waals surface area contributed by atoms with Gasteiger partial charge in [0.2, 0.25) is 11.8 Å². The van der Waals surface area contributed by atoms with Gasteiger partial charge in [-0.3, -0.25) is 19.6 Å². The van der Waals surface area contributed by atoms with E-state index in [0.717, 1.165) is 18.2 Å². The van der Waals surface area contributed by atoms with Gasteiger partial charge in [0.15, 0.2) is 0 Å². The number of benzene rings is 1. The topological polar surface area (TPSA) is 84.4 Å². The van der Waals surface area contributed by atoms with E-state index >= 15 is 0 Å². The Morgan fingerprint density at radius 1 is 1.20 bits per heavy atom. The molecule has 2 aromatic rings. The molecule has 0 aliphatic rings. The molecule has 1 heterocycles. The molecule has 0 saturated carbocycles. The van der Waals surface area contributed by atoms with Gasteiger partial charge in [-0.05, 0) is 23.8 Å². The zero-order valence-corrected chi connectivity index (χ0v) is 16.2. The summed E-state index contributed by atoms with van der Waals surface area (Å²) in [6.07, 6.45) is 2.68. The number of carbonyl (C=O) groups excluding carboxylic acids is 2. The van der Waals surface area contributed by atoms with Crippen molar-refractivity contribution in [3.05, 3.63) is 65.8 Å². The average molecular weight is 422 g/mol. The molecule has 0 radical (unpaired) electrons. The number of alkyl halides is 3. The van der Waals surface area contributed by atoms with E-state index in [1.54, 1.807) is 6.20 Å². The molecular formula is C20H21F3N4O3. The van der Waals surface area contributed by atoms with E-state index in [2.05, 4.69) is 15.3 Å². The predicted octanol–water partition coefficient (Wildman–Crippen LogP) is 2.30. The van der Waals surface area contributed by atoms with Gasteiger partial charge in [-0.1, -0.05) is 12.1 Å². The van der Waals surface area contributed by atoms with E-state index < -0.39 is 17.6 Å². The standard InChI is InChI=1S/C20H21F3N4O3/c1-30-11-10-27(14-17-12-24-8-9-25-17)19(29)13-26-18(28)7-4-15-2-5-16(6-3-15)20(21,22)23/h2-9,12H,10-11,13-14H2,1H3,(H,26,28)/b7-4+. The summed E-state index contributed by atoms with van der Waals surface area (Å²) in [4.78, 5) is 33.9. The second-order valence-corrected chi connectivity index (χ2v) is 6.18. The maximum Gasteiger partial charge on any atom is 0.416 e. The number of amides is 2. The molecule has 0 unspecified atom stereocenters. The molecule has 0 fully saturated rings. The van der Waals surface area contributed by atoms with E-state index in [1.165, 1.54) is 42.6 Å². The Morgan fingerprint density at radius 3 is 2.53 bits per heavy atom. The molecule has 0 spiro atoms. The van der Waals surface area contributed by atoms with Crippen LogP contribution in [0.3, 0.4) is 0 Å². The number of carbonyl (C=O) groups is 2. The van der Waals surface area contributed by atoms with Crippen LogP contribution in [0, 0.1) is 0 Å². The molecule has 0 atom stereocenters. The SMILES string of the molecule is COCCN(Cc1cnccn1)C(=O)CNC(=O)/C=C/c1ccc(C(F)(F)F)cc1. The van der Waals surface area contributed by atoms with Crippen molar-refractivity contribution in [2.24, 2.45) is 0 Å². The Labute approximate surface area is 171 Å². The molecule has 1 N–H and O–H groups in total. The maximum atomic E-state index is 12.6. The maximum absolute atomic E-state index is 12.6. The normalized spacial score (nSPS) is 11.5. The fourth-order valence-electron chi connectivity index (χ4n) is 2.39. The van der Waals surface area contributed by atoms with Crippen molar-refractivity contribution < 1.29 is 27.5 Å². The summed E-state index contributed by atoms with van der Waals surface area (Å²) >= 11 is 0. The van der Waals surface area contributed by atoms with Gasteiger partial charge in [0.25, 0.3) is 0 Å². The second kappa shape index (κ2) is 11.1. The Hall–Kier alpha value is -3.27. The third-order valence-corrected chi connectivity index (χ3v) is 3.97. The molecule has 30 heavy (non-hydrogen) atoms. The van der Waals surface area contributed by atoms with E-state index in [4.69, 9.17) is 4.74 Å². The number of rotatable bonds is 9. The van der Waals surface area contributed by atoms with E-state index in [-0.39, 0.29) is 19.0 Å². The van der Waals surface area contributed by atoms with Crippen molar-refractivity contribution in [2.75, 3.05) is 26.8 Å². The Kier molecular flexibility index (Phi) is 8.48. The third-order valence-electron chi connectivity index (χ3n) is 3.97. The molecule has 1 aromatic heterocycles. The minimum absolute atomic E-state index is 0.216. The van der Waals surface area contributed by atoms with Gasteiger partial charge in [0.1, 0.15) is 0 Å². The van der Waals surface area contributed by atoms with E-state index in [9.17, 15) is 22.8 Å². The zero-order valence-electron chi connectivity index (χ0n) is 16.2. The summed E-state index contributed by atoms with van der Waals surface area (Å²) in [5.74, 6) is -0.886. The van der Waals surface area contributed by atoms with Gasteiger partial charge in [0, 0.05) is 32.1 Å². The molecule has 2 rings (SSSR count). The summed E-state index contributed by atoms with van der Waals surface area (Å²) in [5, 5.41) is 2.46. The Balaban J connectivity index is 1.89.